The van der Waals surface area contributed by atoms with E-state index in [-0.39, 0.29) is 11.2 Å². The molecule has 2 rings (SSSR count). The van der Waals surface area contributed by atoms with Crippen LogP contribution in [0.5, 0.6) is 11.5 Å². The summed E-state index contributed by atoms with van der Waals surface area (Å²) in [5, 5.41) is 0. The Labute approximate surface area is 132 Å². The van der Waals surface area contributed by atoms with Crippen LogP contribution in [0, 0.1) is 0 Å². The average molecular weight is 313 g/mol. The van der Waals surface area contributed by atoms with E-state index in [0.717, 1.165) is 30.8 Å². The van der Waals surface area contributed by atoms with Crippen LogP contribution < -0.4 is 9.47 Å². The van der Waals surface area contributed by atoms with E-state index in [1.54, 1.807) is 14.2 Å². The number of hydrogen-bond donors (Lipinski definition) is 0. The van der Waals surface area contributed by atoms with Crippen LogP contribution in [-0.4, -0.2) is 25.7 Å². The maximum atomic E-state index is 6.41. The van der Waals surface area contributed by atoms with Crippen LogP contribution in [0.15, 0.2) is 12.1 Å². The molecule has 0 aromatic heterocycles. The number of halogens is 1. The maximum Gasteiger partial charge on any atom is 0.161 e. The molecule has 0 radical (unpaired) electrons. The fourth-order valence-electron chi connectivity index (χ4n) is 3.31. The molecule has 3 nitrogen and oxygen atoms in total. The third-order valence-corrected chi connectivity index (χ3v) is 4.35. The van der Waals surface area contributed by atoms with Crippen molar-refractivity contribution in [3.63, 3.8) is 0 Å². The lowest BCUT2D eigenvalue weighted by Crippen LogP contribution is -2.44. The lowest BCUT2D eigenvalue weighted by molar-refractivity contribution is -0.152. The summed E-state index contributed by atoms with van der Waals surface area (Å²) < 4.78 is 17.3. The van der Waals surface area contributed by atoms with Gasteiger partial charge in [-0.1, -0.05) is 0 Å². The van der Waals surface area contributed by atoms with Crippen molar-refractivity contribution in [2.24, 2.45) is 0 Å². The number of benzene rings is 1. The van der Waals surface area contributed by atoms with Crippen LogP contribution in [0.1, 0.15) is 44.7 Å². The van der Waals surface area contributed by atoms with Gasteiger partial charge >= 0.3 is 0 Å². The Hall–Kier alpha value is -0.930. The molecule has 1 aromatic rings. The second-order valence-electron chi connectivity index (χ2n) is 6.43. The first-order chi connectivity index (χ1) is 9.85. The Morgan fingerprint density at radius 1 is 1.14 bits per heavy atom. The maximum absolute atomic E-state index is 6.41. The van der Waals surface area contributed by atoms with E-state index >= 15 is 0 Å². The van der Waals surface area contributed by atoms with E-state index in [2.05, 4.69) is 32.9 Å². The fraction of sp³-hybridized carbons (Fsp3) is 0.647. The number of hydrogen-bond acceptors (Lipinski definition) is 3. The molecule has 0 spiro atoms. The Kier molecular flexibility index (Phi) is 4.74. The topological polar surface area (TPSA) is 27.7 Å². The van der Waals surface area contributed by atoms with Crippen LogP contribution in [-0.2, 0) is 16.8 Å². The van der Waals surface area contributed by atoms with Crippen LogP contribution in [0.3, 0.4) is 0 Å². The lowest BCUT2D eigenvalue weighted by Gasteiger charge is -2.45. The van der Waals surface area contributed by atoms with Crippen molar-refractivity contribution in [3.05, 3.63) is 23.3 Å². The molecule has 0 aliphatic carbocycles. The van der Waals surface area contributed by atoms with E-state index in [1.807, 2.05) is 0 Å². The average Bonchev–Trinajstić information content (AvgIpc) is 2.42. The normalized spacial score (nSPS) is 23.5. The molecule has 1 aliphatic heterocycles. The highest BCUT2D eigenvalue weighted by atomic mass is 35.5. The van der Waals surface area contributed by atoms with Crippen LogP contribution in [0.4, 0.5) is 0 Å². The number of ether oxygens (including phenoxy) is 3. The van der Waals surface area contributed by atoms with Crippen LogP contribution in [0.25, 0.3) is 0 Å². The molecular weight excluding hydrogens is 288 g/mol. The molecule has 1 heterocycles. The van der Waals surface area contributed by atoms with E-state index in [4.69, 9.17) is 25.8 Å². The van der Waals surface area contributed by atoms with Crippen molar-refractivity contribution in [1.29, 1.82) is 0 Å². The standard InChI is InChI=1S/C17H25ClO3/c1-16(2)11-12-9-14(19-4)15(20-5)10-13(12)17(3,21-16)7-6-8-18/h9-10H,6-8,11H2,1-5H3. The first-order valence-corrected chi connectivity index (χ1v) is 7.90. The summed E-state index contributed by atoms with van der Waals surface area (Å²) in [4.78, 5) is 0. The number of rotatable bonds is 5. The van der Waals surface area contributed by atoms with Gasteiger partial charge in [0, 0.05) is 12.3 Å². The van der Waals surface area contributed by atoms with E-state index in [9.17, 15) is 0 Å². The Balaban J connectivity index is 2.53. The number of fused-ring (bicyclic) bond motifs is 1. The molecule has 118 valence electrons. The number of alkyl halides is 1. The molecule has 0 fully saturated rings. The zero-order chi connectivity index (χ0) is 15.7. The largest absolute Gasteiger partial charge is 0.493 e. The van der Waals surface area contributed by atoms with Gasteiger partial charge < -0.3 is 14.2 Å². The highest BCUT2D eigenvalue weighted by molar-refractivity contribution is 6.17. The van der Waals surface area contributed by atoms with Gasteiger partial charge in [0.25, 0.3) is 0 Å². The Morgan fingerprint density at radius 2 is 1.76 bits per heavy atom. The molecule has 1 aliphatic rings. The van der Waals surface area contributed by atoms with Crippen LogP contribution >= 0.6 is 11.6 Å². The monoisotopic (exact) mass is 312 g/mol. The van der Waals surface area contributed by atoms with E-state index in [1.165, 1.54) is 11.1 Å². The highest BCUT2D eigenvalue weighted by Crippen LogP contribution is 2.46. The molecule has 0 N–H and O–H groups in total. The van der Waals surface area contributed by atoms with Crippen molar-refractivity contribution in [2.75, 3.05) is 20.1 Å². The molecule has 0 bridgehead atoms. The summed E-state index contributed by atoms with van der Waals surface area (Å²) in [7, 11) is 3.33. The Bertz CT molecular complexity index is 513. The van der Waals surface area contributed by atoms with Gasteiger partial charge in [-0.05, 0) is 56.9 Å². The van der Waals surface area contributed by atoms with E-state index in [0.29, 0.717) is 5.88 Å². The molecule has 1 atom stereocenters. The molecule has 21 heavy (non-hydrogen) atoms. The molecular formula is C17H25ClO3. The summed E-state index contributed by atoms with van der Waals surface area (Å²) in [5.41, 5.74) is 1.91. The van der Waals surface area contributed by atoms with Gasteiger partial charge in [-0.15, -0.1) is 11.6 Å². The van der Waals surface area contributed by atoms with Gasteiger partial charge in [0.05, 0.1) is 25.4 Å². The molecule has 1 aromatic carbocycles. The van der Waals surface area contributed by atoms with Gasteiger partial charge in [0.15, 0.2) is 11.5 Å². The quantitative estimate of drug-likeness (QED) is 0.759. The van der Waals surface area contributed by atoms with Gasteiger partial charge in [0.1, 0.15) is 0 Å². The minimum Gasteiger partial charge on any atom is -0.493 e. The minimum atomic E-state index is -0.342. The van der Waals surface area contributed by atoms with Crippen molar-refractivity contribution >= 4 is 11.6 Å². The summed E-state index contributed by atoms with van der Waals surface area (Å²) in [6, 6.07) is 4.13. The number of methoxy groups -OCH3 is 2. The first kappa shape index (κ1) is 16.4. The Morgan fingerprint density at radius 3 is 2.33 bits per heavy atom. The first-order valence-electron chi connectivity index (χ1n) is 7.37. The molecule has 0 saturated heterocycles. The molecule has 1 unspecified atom stereocenters. The second-order valence-corrected chi connectivity index (χ2v) is 6.80. The summed E-state index contributed by atoms with van der Waals surface area (Å²) in [6.07, 6.45) is 2.67. The smallest absolute Gasteiger partial charge is 0.161 e. The van der Waals surface area contributed by atoms with Crippen LogP contribution in [0.2, 0.25) is 0 Å². The van der Waals surface area contributed by atoms with Gasteiger partial charge in [-0.2, -0.15) is 0 Å². The predicted octanol–water partition coefficient (Wildman–Crippen LogP) is 4.29. The second kappa shape index (κ2) is 6.05. The van der Waals surface area contributed by atoms with Crippen molar-refractivity contribution in [3.8, 4) is 11.5 Å². The highest BCUT2D eigenvalue weighted by Gasteiger charge is 2.41. The summed E-state index contributed by atoms with van der Waals surface area (Å²) >= 11 is 5.89. The lowest BCUT2D eigenvalue weighted by atomic mass is 9.79. The van der Waals surface area contributed by atoms with Crippen molar-refractivity contribution in [1.82, 2.24) is 0 Å². The van der Waals surface area contributed by atoms with Gasteiger partial charge in [-0.3, -0.25) is 0 Å². The SMILES string of the molecule is COc1cc2c(cc1OC)C(C)(CCCCl)OC(C)(C)C2. The third-order valence-electron chi connectivity index (χ3n) is 4.08. The van der Waals surface area contributed by atoms with Crippen molar-refractivity contribution in [2.45, 2.75) is 51.2 Å². The minimum absolute atomic E-state index is 0.201. The molecule has 4 heteroatoms. The van der Waals surface area contributed by atoms with Gasteiger partial charge in [0.2, 0.25) is 0 Å². The predicted molar refractivity (Wildman–Crippen MR) is 85.7 cm³/mol. The third kappa shape index (κ3) is 3.29. The molecule has 0 amide bonds. The summed E-state index contributed by atoms with van der Waals surface area (Å²) in [5.74, 6) is 2.16. The van der Waals surface area contributed by atoms with E-state index < -0.39 is 0 Å². The molecule has 0 saturated carbocycles. The summed E-state index contributed by atoms with van der Waals surface area (Å²) in [6.45, 7) is 6.41. The van der Waals surface area contributed by atoms with Crippen molar-refractivity contribution < 1.29 is 14.2 Å². The zero-order valence-corrected chi connectivity index (χ0v) is 14.3. The zero-order valence-electron chi connectivity index (χ0n) is 13.6. The fourth-order valence-corrected chi connectivity index (χ4v) is 3.44. The van der Waals surface area contributed by atoms with Gasteiger partial charge in [-0.25, -0.2) is 0 Å².